The van der Waals surface area contributed by atoms with Gasteiger partial charge in [0.1, 0.15) is 0 Å². The van der Waals surface area contributed by atoms with Crippen molar-refractivity contribution in [2.45, 2.75) is 51.7 Å². The summed E-state index contributed by atoms with van der Waals surface area (Å²) in [6, 6.07) is 17.0. The van der Waals surface area contributed by atoms with E-state index < -0.39 is 0 Å². The Balaban J connectivity index is 1.25. The van der Waals surface area contributed by atoms with Crippen molar-refractivity contribution < 1.29 is 14.3 Å². The van der Waals surface area contributed by atoms with Gasteiger partial charge in [-0.3, -0.25) is 9.69 Å². The number of hydrogen-bond donors (Lipinski definition) is 2. The van der Waals surface area contributed by atoms with Gasteiger partial charge < -0.3 is 20.1 Å². The Labute approximate surface area is 197 Å². The lowest BCUT2D eigenvalue weighted by molar-refractivity contribution is -0.121. The first-order valence-electron chi connectivity index (χ1n) is 12.3. The Kier molecular flexibility index (Phi) is 8.24. The molecule has 178 valence electrons. The van der Waals surface area contributed by atoms with Crippen LogP contribution in [0.2, 0.25) is 0 Å². The van der Waals surface area contributed by atoms with Crippen molar-refractivity contribution >= 4 is 5.91 Å². The summed E-state index contributed by atoms with van der Waals surface area (Å²) >= 11 is 0. The van der Waals surface area contributed by atoms with Gasteiger partial charge in [-0.05, 0) is 42.0 Å². The zero-order valence-electron chi connectivity index (χ0n) is 19.9. The molecule has 1 atom stereocenters. The maximum atomic E-state index is 12.7. The van der Waals surface area contributed by atoms with Gasteiger partial charge in [0.25, 0.3) is 0 Å². The average molecular weight is 452 g/mol. The molecule has 1 fully saturated rings. The monoisotopic (exact) mass is 451 g/mol. The third-order valence-corrected chi connectivity index (χ3v) is 6.48. The molecule has 1 saturated heterocycles. The van der Waals surface area contributed by atoms with Gasteiger partial charge >= 0.3 is 0 Å². The molecule has 2 heterocycles. The second-order valence-corrected chi connectivity index (χ2v) is 9.46. The SMILES string of the molecule is CC(C)[C@@H](NCC(=O)NC1CCN(Cc2ccccc2)CC1)c1ccc2c(c1)OCCCO2. The van der Waals surface area contributed by atoms with Crippen LogP contribution in [-0.2, 0) is 11.3 Å². The normalized spacial score (nSPS) is 18.0. The van der Waals surface area contributed by atoms with Gasteiger partial charge in [-0.25, -0.2) is 0 Å². The molecule has 2 aliphatic rings. The third-order valence-electron chi connectivity index (χ3n) is 6.48. The third kappa shape index (κ3) is 6.71. The highest BCUT2D eigenvalue weighted by atomic mass is 16.5. The number of carbonyl (C=O) groups is 1. The molecule has 2 aliphatic heterocycles. The lowest BCUT2D eigenvalue weighted by atomic mass is 9.95. The summed E-state index contributed by atoms with van der Waals surface area (Å²) in [5.41, 5.74) is 2.47. The van der Waals surface area contributed by atoms with Crippen molar-refractivity contribution in [2.75, 3.05) is 32.8 Å². The number of ether oxygens (including phenoxy) is 2. The smallest absolute Gasteiger partial charge is 0.234 e. The van der Waals surface area contributed by atoms with Gasteiger partial charge in [0.15, 0.2) is 11.5 Å². The molecule has 1 amide bonds. The minimum Gasteiger partial charge on any atom is -0.490 e. The highest BCUT2D eigenvalue weighted by Crippen LogP contribution is 2.34. The second kappa shape index (κ2) is 11.5. The number of benzene rings is 2. The minimum absolute atomic E-state index is 0.0662. The number of rotatable bonds is 8. The predicted octanol–water partition coefficient (Wildman–Crippen LogP) is 3.92. The molecule has 2 aromatic carbocycles. The lowest BCUT2D eigenvalue weighted by Gasteiger charge is -2.32. The van der Waals surface area contributed by atoms with Crippen molar-refractivity contribution in [3.63, 3.8) is 0 Å². The summed E-state index contributed by atoms with van der Waals surface area (Å²) in [7, 11) is 0. The van der Waals surface area contributed by atoms with E-state index in [2.05, 4.69) is 71.8 Å². The van der Waals surface area contributed by atoms with E-state index in [0.717, 1.165) is 56.0 Å². The minimum atomic E-state index is 0.0662. The maximum absolute atomic E-state index is 12.7. The summed E-state index contributed by atoms with van der Waals surface area (Å²) in [6.45, 7) is 9.00. The Bertz CT molecular complexity index is 895. The summed E-state index contributed by atoms with van der Waals surface area (Å²) in [4.78, 5) is 15.2. The molecule has 2 N–H and O–H groups in total. The lowest BCUT2D eigenvalue weighted by Crippen LogP contribution is -2.47. The van der Waals surface area contributed by atoms with Crippen LogP contribution in [-0.4, -0.2) is 49.7 Å². The van der Waals surface area contributed by atoms with Crippen LogP contribution in [0.4, 0.5) is 0 Å². The van der Waals surface area contributed by atoms with Crippen LogP contribution in [0.25, 0.3) is 0 Å². The molecule has 0 radical (unpaired) electrons. The topological polar surface area (TPSA) is 62.8 Å². The summed E-state index contributed by atoms with van der Waals surface area (Å²) in [6.07, 6.45) is 2.88. The Morgan fingerprint density at radius 3 is 2.48 bits per heavy atom. The van der Waals surface area contributed by atoms with E-state index in [1.807, 2.05) is 6.07 Å². The molecular weight excluding hydrogens is 414 g/mol. The molecule has 33 heavy (non-hydrogen) atoms. The number of nitrogens with one attached hydrogen (secondary N) is 2. The van der Waals surface area contributed by atoms with E-state index in [1.165, 1.54) is 5.56 Å². The van der Waals surface area contributed by atoms with Crippen LogP contribution in [0.15, 0.2) is 48.5 Å². The molecule has 2 aromatic rings. The number of piperidine rings is 1. The number of hydrogen-bond acceptors (Lipinski definition) is 5. The summed E-state index contributed by atoms with van der Waals surface area (Å²) in [5, 5.41) is 6.70. The van der Waals surface area contributed by atoms with Crippen LogP contribution in [0.5, 0.6) is 11.5 Å². The van der Waals surface area contributed by atoms with Gasteiger partial charge in [-0.2, -0.15) is 0 Å². The van der Waals surface area contributed by atoms with Gasteiger partial charge in [0, 0.05) is 38.1 Å². The van der Waals surface area contributed by atoms with Gasteiger partial charge in [0.05, 0.1) is 19.8 Å². The molecule has 0 saturated carbocycles. The van der Waals surface area contributed by atoms with E-state index in [4.69, 9.17) is 9.47 Å². The summed E-state index contributed by atoms with van der Waals surface area (Å²) < 4.78 is 11.6. The van der Waals surface area contributed by atoms with Crippen LogP contribution < -0.4 is 20.1 Å². The van der Waals surface area contributed by atoms with Crippen molar-refractivity contribution in [2.24, 2.45) is 5.92 Å². The average Bonchev–Trinajstić information content (AvgIpc) is 3.06. The van der Waals surface area contributed by atoms with Gasteiger partial charge in [-0.1, -0.05) is 50.2 Å². The maximum Gasteiger partial charge on any atom is 0.234 e. The first-order valence-corrected chi connectivity index (χ1v) is 12.3. The standard InChI is InChI=1S/C27H37N3O3/c1-20(2)27(22-9-10-24-25(17-22)33-16-6-15-32-24)28-18-26(31)29-23-11-13-30(14-12-23)19-21-7-4-3-5-8-21/h3-5,7-10,17,20,23,27-28H,6,11-16,18-19H2,1-2H3,(H,29,31)/t27-/m1/s1. The van der Waals surface area contributed by atoms with E-state index in [-0.39, 0.29) is 18.0 Å². The van der Waals surface area contributed by atoms with E-state index in [0.29, 0.717) is 25.7 Å². The fourth-order valence-corrected chi connectivity index (χ4v) is 4.67. The van der Waals surface area contributed by atoms with Gasteiger partial charge in [-0.15, -0.1) is 0 Å². The molecular formula is C27H37N3O3. The first kappa shape index (κ1) is 23.6. The number of likely N-dealkylation sites (tertiary alicyclic amines) is 1. The van der Waals surface area contributed by atoms with E-state index in [9.17, 15) is 4.79 Å². The number of nitrogens with zero attached hydrogens (tertiary/aromatic N) is 1. The fourth-order valence-electron chi connectivity index (χ4n) is 4.67. The zero-order valence-corrected chi connectivity index (χ0v) is 19.9. The van der Waals surface area contributed by atoms with Crippen molar-refractivity contribution in [1.82, 2.24) is 15.5 Å². The zero-order chi connectivity index (χ0) is 23.0. The Morgan fingerprint density at radius 1 is 1.03 bits per heavy atom. The molecule has 6 heteroatoms. The van der Waals surface area contributed by atoms with E-state index in [1.54, 1.807) is 0 Å². The second-order valence-electron chi connectivity index (χ2n) is 9.46. The Morgan fingerprint density at radius 2 is 1.76 bits per heavy atom. The van der Waals surface area contributed by atoms with Crippen molar-refractivity contribution in [1.29, 1.82) is 0 Å². The Hall–Kier alpha value is -2.57. The van der Waals surface area contributed by atoms with Crippen LogP contribution >= 0.6 is 0 Å². The predicted molar refractivity (Wildman–Crippen MR) is 131 cm³/mol. The highest BCUT2D eigenvalue weighted by Gasteiger charge is 2.23. The molecule has 0 spiro atoms. The quantitative estimate of drug-likeness (QED) is 0.637. The largest absolute Gasteiger partial charge is 0.490 e. The molecule has 4 rings (SSSR count). The number of fused-ring (bicyclic) bond motifs is 1. The first-order chi connectivity index (χ1) is 16.1. The van der Waals surface area contributed by atoms with Crippen LogP contribution in [0.3, 0.4) is 0 Å². The number of carbonyl (C=O) groups excluding carboxylic acids is 1. The van der Waals surface area contributed by atoms with E-state index >= 15 is 0 Å². The summed E-state index contributed by atoms with van der Waals surface area (Å²) in [5.74, 6) is 2.00. The molecule has 0 aromatic heterocycles. The molecule has 0 aliphatic carbocycles. The highest BCUT2D eigenvalue weighted by molar-refractivity contribution is 5.78. The van der Waals surface area contributed by atoms with Crippen molar-refractivity contribution in [3.05, 3.63) is 59.7 Å². The van der Waals surface area contributed by atoms with Crippen LogP contribution in [0.1, 0.15) is 50.3 Å². The fraction of sp³-hybridized carbons (Fsp3) is 0.519. The molecule has 0 bridgehead atoms. The van der Waals surface area contributed by atoms with Gasteiger partial charge in [0.2, 0.25) is 5.91 Å². The van der Waals surface area contributed by atoms with Crippen molar-refractivity contribution in [3.8, 4) is 11.5 Å². The molecule has 6 nitrogen and oxygen atoms in total. The molecule has 0 unspecified atom stereocenters. The van der Waals surface area contributed by atoms with Crippen LogP contribution in [0, 0.1) is 5.92 Å². The number of amides is 1.